The predicted molar refractivity (Wildman–Crippen MR) is 78.7 cm³/mol. The van der Waals surface area contributed by atoms with E-state index in [1.54, 1.807) is 0 Å². The predicted octanol–water partition coefficient (Wildman–Crippen LogP) is 4.48. The van der Waals surface area contributed by atoms with Gasteiger partial charge in [-0.15, -0.1) is 0 Å². The van der Waals surface area contributed by atoms with Crippen LogP contribution in [0.15, 0.2) is 40.9 Å². The quantitative estimate of drug-likeness (QED) is 0.883. The van der Waals surface area contributed by atoms with E-state index in [2.05, 4.69) is 15.9 Å². The van der Waals surface area contributed by atoms with Crippen molar-refractivity contribution in [2.45, 2.75) is 26.4 Å². The molecule has 100 valence electrons. The molecule has 2 rings (SSSR count). The van der Waals surface area contributed by atoms with E-state index in [0.29, 0.717) is 10.9 Å². The number of halogens is 2. The van der Waals surface area contributed by atoms with E-state index in [1.807, 2.05) is 38.1 Å². The molecule has 0 heterocycles. The summed E-state index contributed by atoms with van der Waals surface area (Å²) in [7, 11) is 0. The van der Waals surface area contributed by atoms with Crippen LogP contribution in [-0.2, 0) is 6.42 Å². The maximum absolute atomic E-state index is 13.3. The maximum Gasteiger partial charge on any atom is 0.124 e. The molecule has 0 aromatic heterocycles. The molecule has 0 aliphatic carbocycles. The third kappa shape index (κ3) is 3.43. The molecule has 1 N–H and O–H groups in total. The number of aliphatic hydroxyl groups is 1. The van der Waals surface area contributed by atoms with Crippen molar-refractivity contribution in [2.24, 2.45) is 0 Å². The van der Waals surface area contributed by atoms with Gasteiger partial charge in [-0.1, -0.05) is 34.1 Å². The second-order valence-electron chi connectivity index (χ2n) is 4.80. The highest BCUT2D eigenvalue weighted by Gasteiger charge is 2.14. The first kappa shape index (κ1) is 14.2. The zero-order chi connectivity index (χ0) is 14.0. The first-order valence-corrected chi connectivity index (χ1v) is 6.96. The standard InChI is InChI=1S/C16H16BrFO/c1-10-4-3-5-11(2)16(10)15(19)8-12-6-13(17)9-14(18)7-12/h3-7,9,15,19H,8H2,1-2H3. The number of aryl methyl sites for hydroxylation is 2. The molecule has 0 bridgehead atoms. The molecule has 0 spiro atoms. The minimum Gasteiger partial charge on any atom is -0.388 e. The SMILES string of the molecule is Cc1cccc(C)c1C(O)Cc1cc(F)cc(Br)c1. The molecule has 0 aliphatic heterocycles. The lowest BCUT2D eigenvalue weighted by Gasteiger charge is -2.16. The first-order chi connectivity index (χ1) is 8.97. The molecule has 19 heavy (non-hydrogen) atoms. The number of rotatable bonds is 3. The molecule has 2 aromatic carbocycles. The van der Waals surface area contributed by atoms with Crippen LogP contribution in [0.3, 0.4) is 0 Å². The average molecular weight is 323 g/mol. The lowest BCUT2D eigenvalue weighted by molar-refractivity contribution is 0.177. The molecule has 3 heteroatoms. The van der Waals surface area contributed by atoms with E-state index >= 15 is 0 Å². The first-order valence-electron chi connectivity index (χ1n) is 6.16. The zero-order valence-corrected chi connectivity index (χ0v) is 12.5. The summed E-state index contributed by atoms with van der Waals surface area (Å²) in [5.74, 6) is -0.293. The van der Waals surface area contributed by atoms with Gasteiger partial charge in [0.1, 0.15) is 5.82 Å². The van der Waals surface area contributed by atoms with Crippen molar-refractivity contribution in [1.82, 2.24) is 0 Å². The molecule has 0 fully saturated rings. The second kappa shape index (κ2) is 5.85. The van der Waals surface area contributed by atoms with Gasteiger partial charge in [-0.3, -0.25) is 0 Å². The number of benzene rings is 2. The van der Waals surface area contributed by atoms with Gasteiger partial charge in [0.2, 0.25) is 0 Å². The van der Waals surface area contributed by atoms with Gasteiger partial charge in [-0.2, -0.15) is 0 Å². The Kier molecular flexibility index (Phi) is 4.38. The largest absolute Gasteiger partial charge is 0.388 e. The molecule has 0 saturated heterocycles. The van der Waals surface area contributed by atoms with Crippen LogP contribution >= 0.6 is 15.9 Å². The summed E-state index contributed by atoms with van der Waals surface area (Å²) in [5.41, 5.74) is 3.83. The summed E-state index contributed by atoms with van der Waals surface area (Å²) in [4.78, 5) is 0. The van der Waals surface area contributed by atoms with Crippen molar-refractivity contribution in [2.75, 3.05) is 0 Å². The van der Waals surface area contributed by atoms with Crippen molar-refractivity contribution in [3.8, 4) is 0 Å². The lowest BCUT2D eigenvalue weighted by atomic mass is 9.94. The highest BCUT2D eigenvalue weighted by atomic mass is 79.9. The number of hydrogen-bond donors (Lipinski definition) is 1. The third-order valence-electron chi connectivity index (χ3n) is 3.23. The normalized spacial score (nSPS) is 12.5. The summed E-state index contributed by atoms with van der Waals surface area (Å²) in [6.07, 6.45) is -0.211. The van der Waals surface area contributed by atoms with E-state index in [1.165, 1.54) is 12.1 Å². The highest BCUT2D eigenvalue weighted by molar-refractivity contribution is 9.10. The van der Waals surface area contributed by atoms with Crippen LogP contribution in [0.5, 0.6) is 0 Å². The van der Waals surface area contributed by atoms with E-state index in [-0.39, 0.29) is 5.82 Å². The van der Waals surface area contributed by atoms with E-state index in [0.717, 1.165) is 22.3 Å². The molecular formula is C16H16BrFO. The fraction of sp³-hybridized carbons (Fsp3) is 0.250. The van der Waals surface area contributed by atoms with Crippen LogP contribution in [0.1, 0.15) is 28.4 Å². The van der Waals surface area contributed by atoms with Crippen molar-refractivity contribution >= 4 is 15.9 Å². The van der Waals surface area contributed by atoms with Crippen LogP contribution in [0.4, 0.5) is 4.39 Å². The van der Waals surface area contributed by atoms with Gasteiger partial charge in [0.15, 0.2) is 0 Å². The minimum absolute atomic E-state index is 0.293. The second-order valence-corrected chi connectivity index (χ2v) is 5.72. The summed E-state index contributed by atoms with van der Waals surface area (Å²) in [6.45, 7) is 3.96. The zero-order valence-electron chi connectivity index (χ0n) is 11.0. The van der Waals surface area contributed by atoms with Crippen LogP contribution < -0.4 is 0 Å². The van der Waals surface area contributed by atoms with Gasteiger partial charge in [0, 0.05) is 10.9 Å². The fourth-order valence-electron chi connectivity index (χ4n) is 2.41. The molecule has 0 radical (unpaired) electrons. The number of hydrogen-bond acceptors (Lipinski definition) is 1. The summed E-state index contributed by atoms with van der Waals surface area (Å²) in [5, 5.41) is 10.4. The average Bonchev–Trinajstić information content (AvgIpc) is 2.26. The van der Waals surface area contributed by atoms with Gasteiger partial charge in [-0.05, 0) is 54.3 Å². The monoisotopic (exact) mass is 322 g/mol. The highest BCUT2D eigenvalue weighted by Crippen LogP contribution is 2.26. The molecule has 1 unspecified atom stereocenters. The Balaban J connectivity index is 2.28. The van der Waals surface area contributed by atoms with Crippen LogP contribution in [0.25, 0.3) is 0 Å². The lowest BCUT2D eigenvalue weighted by Crippen LogP contribution is -2.06. The topological polar surface area (TPSA) is 20.2 Å². The Labute approximate surface area is 121 Å². The Bertz CT molecular complexity index is 555. The Hall–Kier alpha value is -1.19. The van der Waals surface area contributed by atoms with Crippen LogP contribution in [0, 0.1) is 19.7 Å². The molecule has 0 aliphatic rings. The Morgan fingerprint density at radius 2 is 1.79 bits per heavy atom. The number of aliphatic hydroxyl groups excluding tert-OH is 1. The molecular weight excluding hydrogens is 307 g/mol. The molecule has 2 aromatic rings. The Morgan fingerprint density at radius 1 is 1.16 bits per heavy atom. The summed E-state index contributed by atoms with van der Waals surface area (Å²) < 4.78 is 14.0. The van der Waals surface area contributed by atoms with Crippen molar-refractivity contribution in [1.29, 1.82) is 0 Å². The molecule has 0 amide bonds. The van der Waals surface area contributed by atoms with E-state index < -0.39 is 6.10 Å². The smallest absolute Gasteiger partial charge is 0.124 e. The van der Waals surface area contributed by atoms with Gasteiger partial charge in [0.05, 0.1) is 6.10 Å². The van der Waals surface area contributed by atoms with E-state index in [9.17, 15) is 9.50 Å². The summed E-state index contributed by atoms with van der Waals surface area (Å²) in [6, 6.07) is 10.6. The van der Waals surface area contributed by atoms with Crippen LogP contribution in [-0.4, -0.2) is 5.11 Å². The van der Waals surface area contributed by atoms with Crippen molar-refractivity contribution < 1.29 is 9.50 Å². The molecule has 0 saturated carbocycles. The van der Waals surface area contributed by atoms with Gasteiger partial charge in [-0.25, -0.2) is 4.39 Å². The maximum atomic E-state index is 13.3. The minimum atomic E-state index is -0.616. The third-order valence-corrected chi connectivity index (χ3v) is 3.68. The van der Waals surface area contributed by atoms with Crippen LogP contribution in [0.2, 0.25) is 0 Å². The Morgan fingerprint density at radius 3 is 2.37 bits per heavy atom. The summed E-state index contributed by atoms with van der Waals surface area (Å²) >= 11 is 3.27. The van der Waals surface area contributed by atoms with Gasteiger partial charge < -0.3 is 5.11 Å². The fourth-order valence-corrected chi connectivity index (χ4v) is 2.92. The molecule has 1 nitrogen and oxygen atoms in total. The van der Waals surface area contributed by atoms with Gasteiger partial charge >= 0.3 is 0 Å². The van der Waals surface area contributed by atoms with Crippen molar-refractivity contribution in [3.63, 3.8) is 0 Å². The van der Waals surface area contributed by atoms with Gasteiger partial charge in [0.25, 0.3) is 0 Å². The van der Waals surface area contributed by atoms with Crippen molar-refractivity contribution in [3.05, 3.63) is 68.9 Å². The van der Waals surface area contributed by atoms with E-state index in [4.69, 9.17) is 0 Å². The molecule has 1 atom stereocenters.